The summed E-state index contributed by atoms with van der Waals surface area (Å²) in [5.41, 5.74) is 1.01. The average Bonchev–Trinajstić information content (AvgIpc) is 2.85. The lowest BCUT2D eigenvalue weighted by molar-refractivity contribution is 0.0442. The van der Waals surface area contributed by atoms with Crippen molar-refractivity contribution in [3.63, 3.8) is 0 Å². The lowest BCUT2D eigenvalue weighted by Crippen LogP contribution is -2.47. The highest BCUT2D eigenvalue weighted by atomic mass is 16.3. The molecule has 2 amide bonds. The number of furan rings is 1. The van der Waals surface area contributed by atoms with Crippen LogP contribution in [0.5, 0.6) is 0 Å². The van der Waals surface area contributed by atoms with Crippen LogP contribution in [-0.2, 0) is 6.54 Å². The Morgan fingerprint density at radius 3 is 2.44 bits per heavy atom. The quantitative estimate of drug-likeness (QED) is 0.834. The Bertz CT molecular complexity index is 701. The van der Waals surface area contributed by atoms with E-state index in [2.05, 4.69) is 5.32 Å². The van der Waals surface area contributed by atoms with Crippen molar-refractivity contribution in [1.82, 2.24) is 10.2 Å². The van der Waals surface area contributed by atoms with Gasteiger partial charge in [0.1, 0.15) is 11.5 Å². The molecule has 0 fully saturated rings. The lowest BCUT2D eigenvalue weighted by Gasteiger charge is -2.30. The zero-order valence-electron chi connectivity index (χ0n) is 15.7. The van der Waals surface area contributed by atoms with Crippen LogP contribution < -0.4 is 5.32 Å². The second-order valence-corrected chi connectivity index (χ2v) is 7.19. The van der Waals surface area contributed by atoms with E-state index in [0.717, 1.165) is 22.6 Å². The first-order valence-corrected chi connectivity index (χ1v) is 8.54. The third-order valence-electron chi connectivity index (χ3n) is 3.97. The Morgan fingerprint density at radius 2 is 1.92 bits per heavy atom. The summed E-state index contributed by atoms with van der Waals surface area (Å²) in [5, 5.41) is 13.2. The summed E-state index contributed by atoms with van der Waals surface area (Å²) in [6, 6.07) is 11.3. The van der Waals surface area contributed by atoms with E-state index in [1.807, 2.05) is 57.2 Å². The topological polar surface area (TPSA) is 65.7 Å². The van der Waals surface area contributed by atoms with Crippen LogP contribution in [0.2, 0.25) is 0 Å². The maximum absolute atomic E-state index is 12.8. The minimum absolute atomic E-state index is 0.176. The summed E-state index contributed by atoms with van der Waals surface area (Å²) in [6.07, 6.45) is 0. The molecule has 1 aromatic heterocycles. The molecule has 2 rings (SSSR count). The molecular weight excluding hydrogens is 316 g/mol. The maximum atomic E-state index is 12.8. The van der Waals surface area contributed by atoms with E-state index in [1.165, 1.54) is 0 Å². The summed E-state index contributed by atoms with van der Waals surface area (Å²) in [6.45, 7) is 9.79. The van der Waals surface area contributed by atoms with Crippen molar-refractivity contribution in [1.29, 1.82) is 0 Å². The number of hydrogen-bond acceptors (Lipinski definition) is 3. The molecule has 5 heteroatoms. The number of aryl methyl sites for hydroxylation is 2. The molecular formula is C20H28N2O3. The fourth-order valence-corrected chi connectivity index (χ4v) is 2.91. The Hall–Kier alpha value is -2.27. The molecule has 0 saturated carbocycles. The fourth-order valence-electron chi connectivity index (χ4n) is 2.91. The number of hydrogen-bond donors (Lipinski definition) is 2. The van der Waals surface area contributed by atoms with E-state index in [-0.39, 0.29) is 18.6 Å². The number of nitrogens with one attached hydrogen (secondary N) is 1. The van der Waals surface area contributed by atoms with Gasteiger partial charge >= 0.3 is 6.03 Å². The van der Waals surface area contributed by atoms with Crippen molar-refractivity contribution in [3.05, 3.63) is 59.0 Å². The van der Waals surface area contributed by atoms with E-state index >= 15 is 0 Å². The Labute approximate surface area is 149 Å². The Morgan fingerprint density at radius 1 is 1.28 bits per heavy atom. The van der Waals surface area contributed by atoms with Gasteiger partial charge in [-0.05, 0) is 46.2 Å². The van der Waals surface area contributed by atoms with Crippen LogP contribution >= 0.6 is 0 Å². The van der Waals surface area contributed by atoms with Crippen LogP contribution in [-0.4, -0.2) is 28.2 Å². The number of carbonyl (C=O) groups is 1. The van der Waals surface area contributed by atoms with Gasteiger partial charge in [-0.1, -0.05) is 30.3 Å². The highest BCUT2D eigenvalue weighted by Gasteiger charge is 2.24. The van der Waals surface area contributed by atoms with Crippen molar-refractivity contribution in [2.45, 2.75) is 52.8 Å². The first-order valence-electron chi connectivity index (χ1n) is 8.54. The van der Waals surface area contributed by atoms with Crippen molar-refractivity contribution in [3.8, 4) is 0 Å². The highest BCUT2D eigenvalue weighted by molar-refractivity contribution is 5.75. The third kappa shape index (κ3) is 5.64. The van der Waals surface area contributed by atoms with Gasteiger partial charge in [-0.2, -0.15) is 0 Å². The van der Waals surface area contributed by atoms with Crippen molar-refractivity contribution < 1.29 is 14.3 Å². The second kappa shape index (κ2) is 7.74. The Balaban J connectivity index is 2.12. The van der Waals surface area contributed by atoms with Gasteiger partial charge in [-0.15, -0.1) is 0 Å². The molecule has 0 radical (unpaired) electrons. The number of urea groups is 1. The van der Waals surface area contributed by atoms with Gasteiger partial charge in [0, 0.05) is 12.1 Å². The van der Waals surface area contributed by atoms with E-state index in [4.69, 9.17) is 4.42 Å². The standard InChI is InChI=1S/C20H28N2O3/c1-14-11-18(16(3)25-14)15(2)21-19(23)22(13-20(4,5)24)12-17-9-7-6-8-10-17/h6-11,15,24H,12-13H2,1-5H3,(H,21,23). The highest BCUT2D eigenvalue weighted by Crippen LogP contribution is 2.22. The number of amides is 2. The van der Waals surface area contributed by atoms with Gasteiger partial charge in [0.15, 0.2) is 0 Å². The van der Waals surface area contributed by atoms with Gasteiger partial charge in [-0.25, -0.2) is 4.79 Å². The molecule has 1 unspecified atom stereocenters. The summed E-state index contributed by atoms with van der Waals surface area (Å²) < 4.78 is 5.55. The molecule has 5 nitrogen and oxygen atoms in total. The molecule has 1 heterocycles. The van der Waals surface area contributed by atoms with Crippen LogP contribution in [0, 0.1) is 13.8 Å². The molecule has 0 aliphatic rings. The summed E-state index contributed by atoms with van der Waals surface area (Å²) in [7, 11) is 0. The number of nitrogens with zero attached hydrogens (tertiary/aromatic N) is 1. The minimum Gasteiger partial charge on any atom is -0.466 e. The normalized spacial score (nSPS) is 12.7. The Kier molecular flexibility index (Phi) is 5.90. The van der Waals surface area contributed by atoms with Crippen LogP contribution in [0.1, 0.15) is 49.5 Å². The molecule has 136 valence electrons. The first kappa shape index (κ1) is 19.1. The molecule has 25 heavy (non-hydrogen) atoms. The van der Waals surface area contributed by atoms with Crippen molar-refractivity contribution in [2.24, 2.45) is 0 Å². The van der Waals surface area contributed by atoms with Crippen molar-refractivity contribution in [2.75, 3.05) is 6.54 Å². The summed E-state index contributed by atoms with van der Waals surface area (Å²) in [5.74, 6) is 1.63. The molecule has 0 saturated heterocycles. The van der Waals surface area contributed by atoms with Crippen LogP contribution in [0.25, 0.3) is 0 Å². The molecule has 1 aromatic carbocycles. The summed E-state index contributed by atoms with van der Waals surface area (Å²) >= 11 is 0. The first-order chi connectivity index (χ1) is 11.7. The number of rotatable bonds is 6. The van der Waals surface area contributed by atoms with Crippen LogP contribution in [0.15, 0.2) is 40.8 Å². The third-order valence-corrected chi connectivity index (χ3v) is 3.97. The van der Waals surface area contributed by atoms with Gasteiger partial charge < -0.3 is 19.7 Å². The number of benzene rings is 1. The predicted molar refractivity (Wildman–Crippen MR) is 98.3 cm³/mol. The van der Waals surface area contributed by atoms with Crippen LogP contribution in [0.3, 0.4) is 0 Å². The number of aliphatic hydroxyl groups is 1. The molecule has 0 bridgehead atoms. The van der Waals surface area contributed by atoms with Gasteiger partial charge in [0.25, 0.3) is 0 Å². The van der Waals surface area contributed by atoms with E-state index < -0.39 is 5.60 Å². The average molecular weight is 344 g/mol. The number of carbonyl (C=O) groups excluding carboxylic acids is 1. The predicted octanol–water partition coefficient (Wildman–Crippen LogP) is 3.94. The van der Waals surface area contributed by atoms with Gasteiger partial charge in [0.05, 0.1) is 18.2 Å². The monoisotopic (exact) mass is 344 g/mol. The molecule has 1 atom stereocenters. The van der Waals surface area contributed by atoms with Gasteiger partial charge in [0.2, 0.25) is 0 Å². The molecule has 2 aromatic rings. The molecule has 0 spiro atoms. The molecule has 0 aliphatic carbocycles. The smallest absolute Gasteiger partial charge is 0.318 e. The lowest BCUT2D eigenvalue weighted by atomic mass is 10.1. The van der Waals surface area contributed by atoms with Crippen LogP contribution in [0.4, 0.5) is 4.79 Å². The zero-order chi connectivity index (χ0) is 18.6. The largest absolute Gasteiger partial charge is 0.466 e. The van der Waals surface area contributed by atoms with E-state index in [1.54, 1.807) is 18.7 Å². The van der Waals surface area contributed by atoms with E-state index in [9.17, 15) is 9.90 Å². The SMILES string of the molecule is Cc1cc(C(C)NC(=O)N(Cc2ccccc2)CC(C)(C)O)c(C)o1. The summed E-state index contributed by atoms with van der Waals surface area (Å²) in [4.78, 5) is 14.4. The van der Waals surface area contributed by atoms with E-state index in [0.29, 0.717) is 6.54 Å². The fraction of sp³-hybridized carbons (Fsp3) is 0.450. The van der Waals surface area contributed by atoms with Gasteiger partial charge in [-0.3, -0.25) is 0 Å². The molecule has 0 aliphatic heterocycles. The zero-order valence-corrected chi connectivity index (χ0v) is 15.7. The minimum atomic E-state index is -0.975. The van der Waals surface area contributed by atoms with Crippen molar-refractivity contribution >= 4 is 6.03 Å². The second-order valence-electron chi connectivity index (χ2n) is 7.19. The maximum Gasteiger partial charge on any atom is 0.318 e. The molecule has 2 N–H and O–H groups in total.